The van der Waals surface area contributed by atoms with Gasteiger partial charge in [-0.25, -0.2) is 14.6 Å². The predicted octanol–water partition coefficient (Wildman–Crippen LogP) is 1.71. The molecule has 1 saturated carbocycles. The molecule has 160 valence electrons. The molecule has 0 aliphatic heterocycles. The molecule has 1 aliphatic rings. The summed E-state index contributed by atoms with van der Waals surface area (Å²) in [7, 11) is 2.68. The number of esters is 1. The van der Waals surface area contributed by atoms with Crippen molar-refractivity contribution in [3.8, 4) is 0 Å². The highest BCUT2D eigenvalue weighted by Gasteiger charge is 2.29. The topological polar surface area (TPSA) is 112 Å². The first-order valence-electron chi connectivity index (χ1n) is 9.89. The van der Waals surface area contributed by atoms with Gasteiger partial charge in [0.15, 0.2) is 0 Å². The summed E-state index contributed by atoms with van der Waals surface area (Å²) in [5.74, 6) is -1.03. The molecule has 1 N–H and O–H groups in total. The molecule has 31 heavy (non-hydrogen) atoms. The summed E-state index contributed by atoms with van der Waals surface area (Å²) < 4.78 is 6.84. The summed E-state index contributed by atoms with van der Waals surface area (Å²) in [6, 6.07) is 8.68. The number of pyridine rings is 1. The summed E-state index contributed by atoms with van der Waals surface area (Å²) in [4.78, 5) is 55.5. The molecule has 1 aromatic carbocycles. The van der Waals surface area contributed by atoms with E-state index in [2.05, 4.69) is 10.3 Å². The molecule has 9 heteroatoms. The van der Waals surface area contributed by atoms with Crippen molar-refractivity contribution in [2.24, 2.45) is 7.05 Å². The number of fused-ring (bicyclic) bond motifs is 1. The van der Waals surface area contributed by atoms with E-state index in [0.717, 1.165) is 23.0 Å². The number of methoxy groups -OCH3 is 1. The lowest BCUT2D eigenvalue weighted by Gasteiger charge is -2.13. The van der Waals surface area contributed by atoms with Gasteiger partial charge in [-0.3, -0.25) is 18.7 Å². The van der Waals surface area contributed by atoms with Crippen molar-refractivity contribution in [2.75, 3.05) is 12.4 Å². The monoisotopic (exact) mass is 422 g/mol. The molecule has 9 nitrogen and oxygen atoms in total. The van der Waals surface area contributed by atoms with Crippen LogP contribution >= 0.6 is 0 Å². The molecule has 0 atom stereocenters. The summed E-state index contributed by atoms with van der Waals surface area (Å²) in [6.45, 7) is 1.42. The van der Waals surface area contributed by atoms with Crippen LogP contribution in [-0.4, -0.2) is 33.1 Å². The van der Waals surface area contributed by atoms with Crippen molar-refractivity contribution in [1.29, 1.82) is 0 Å². The molecule has 0 spiro atoms. The Bertz CT molecular complexity index is 1320. The van der Waals surface area contributed by atoms with Crippen molar-refractivity contribution >= 4 is 28.6 Å². The second-order valence-electron chi connectivity index (χ2n) is 7.71. The van der Waals surface area contributed by atoms with E-state index >= 15 is 0 Å². The van der Waals surface area contributed by atoms with E-state index in [-0.39, 0.29) is 22.5 Å². The maximum atomic E-state index is 13.2. The molecule has 0 radical (unpaired) electrons. The van der Waals surface area contributed by atoms with E-state index in [9.17, 15) is 19.2 Å². The number of nitrogens with zero attached hydrogens (tertiary/aromatic N) is 3. The van der Waals surface area contributed by atoms with Crippen LogP contribution in [0.4, 0.5) is 5.69 Å². The lowest BCUT2D eigenvalue weighted by Crippen LogP contribution is -2.42. The minimum absolute atomic E-state index is 0.0403. The number of carbonyl (C=O) groups is 2. The standard InChI is InChI=1S/C22H22N4O5/c1-12-4-8-14(9-5-12)23-17(27)11-26-20(28)18-15(21(29)31-3)10-16(13-6-7-13)24-19(18)25(2)22(26)30/h4-5,8-10,13H,6-7,11H2,1-3H3,(H,23,27). The number of hydrogen-bond acceptors (Lipinski definition) is 6. The fraction of sp³-hybridized carbons (Fsp3) is 0.318. The Kier molecular flexibility index (Phi) is 5.18. The third kappa shape index (κ3) is 3.86. The van der Waals surface area contributed by atoms with Crippen molar-refractivity contribution < 1.29 is 14.3 Å². The number of hydrogen-bond donors (Lipinski definition) is 1. The molecule has 2 aromatic heterocycles. The normalized spacial score (nSPS) is 13.3. The zero-order valence-corrected chi connectivity index (χ0v) is 17.5. The average molecular weight is 422 g/mol. The van der Waals surface area contributed by atoms with E-state index in [1.165, 1.54) is 18.7 Å². The Hall–Kier alpha value is -3.75. The minimum atomic E-state index is -0.757. The number of benzene rings is 1. The van der Waals surface area contributed by atoms with Crippen LogP contribution in [0, 0.1) is 6.92 Å². The Morgan fingerprint density at radius 3 is 2.48 bits per heavy atom. The summed E-state index contributed by atoms with van der Waals surface area (Å²) in [5, 5.41) is 2.63. The van der Waals surface area contributed by atoms with E-state index in [1.807, 2.05) is 19.1 Å². The minimum Gasteiger partial charge on any atom is -0.465 e. The van der Waals surface area contributed by atoms with Gasteiger partial charge in [0.2, 0.25) is 5.91 Å². The molecule has 2 heterocycles. The van der Waals surface area contributed by atoms with E-state index in [4.69, 9.17) is 4.74 Å². The molecule has 0 unspecified atom stereocenters. The Balaban J connectivity index is 1.81. The highest BCUT2D eigenvalue weighted by atomic mass is 16.5. The summed E-state index contributed by atoms with van der Waals surface area (Å²) in [5.41, 5.74) is 0.938. The van der Waals surface area contributed by atoms with Crippen LogP contribution in [0.1, 0.15) is 40.4 Å². The number of aryl methyl sites for hydroxylation is 2. The molecular formula is C22H22N4O5. The average Bonchev–Trinajstić information content (AvgIpc) is 3.61. The lowest BCUT2D eigenvalue weighted by molar-refractivity contribution is -0.116. The largest absolute Gasteiger partial charge is 0.465 e. The maximum Gasteiger partial charge on any atom is 0.338 e. The first-order valence-corrected chi connectivity index (χ1v) is 9.89. The fourth-order valence-electron chi connectivity index (χ4n) is 3.48. The number of amides is 1. The van der Waals surface area contributed by atoms with Crippen LogP contribution in [0.5, 0.6) is 0 Å². The van der Waals surface area contributed by atoms with Gasteiger partial charge in [-0.05, 0) is 38.0 Å². The zero-order valence-electron chi connectivity index (χ0n) is 17.5. The van der Waals surface area contributed by atoms with Gasteiger partial charge in [0, 0.05) is 24.3 Å². The van der Waals surface area contributed by atoms with Gasteiger partial charge in [-0.1, -0.05) is 17.7 Å². The van der Waals surface area contributed by atoms with Crippen molar-refractivity contribution in [1.82, 2.24) is 14.1 Å². The zero-order chi connectivity index (χ0) is 22.3. The third-order valence-corrected chi connectivity index (χ3v) is 5.35. The molecule has 4 rings (SSSR count). The van der Waals surface area contributed by atoms with Gasteiger partial charge in [0.05, 0.1) is 18.1 Å². The molecule has 0 saturated heterocycles. The predicted molar refractivity (Wildman–Crippen MR) is 114 cm³/mol. The van der Waals surface area contributed by atoms with Gasteiger partial charge >= 0.3 is 11.7 Å². The number of rotatable bonds is 5. The number of ether oxygens (including phenoxy) is 1. The molecule has 1 aliphatic carbocycles. The van der Waals surface area contributed by atoms with E-state index < -0.39 is 29.7 Å². The van der Waals surface area contributed by atoms with Crippen LogP contribution in [0.3, 0.4) is 0 Å². The molecule has 1 amide bonds. The highest BCUT2D eigenvalue weighted by molar-refractivity contribution is 6.02. The van der Waals surface area contributed by atoms with Crippen molar-refractivity contribution in [3.63, 3.8) is 0 Å². The van der Waals surface area contributed by atoms with E-state index in [1.54, 1.807) is 18.2 Å². The first-order chi connectivity index (χ1) is 14.8. The number of anilines is 1. The number of carbonyl (C=O) groups excluding carboxylic acids is 2. The van der Waals surface area contributed by atoms with Crippen molar-refractivity contribution in [3.05, 3.63) is 68.0 Å². The molecule has 0 bridgehead atoms. The SMILES string of the molecule is COC(=O)c1cc(C2CC2)nc2c1c(=O)n(CC(=O)Nc1ccc(C)cc1)c(=O)n2C. The van der Waals surface area contributed by atoms with Gasteiger partial charge < -0.3 is 10.1 Å². The van der Waals surface area contributed by atoms with Gasteiger partial charge in [0.25, 0.3) is 5.56 Å². The van der Waals surface area contributed by atoms with E-state index in [0.29, 0.717) is 11.4 Å². The molecular weight excluding hydrogens is 400 g/mol. The third-order valence-electron chi connectivity index (χ3n) is 5.35. The summed E-state index contributed by atoms with van der Waals surface area (Å²) in [6.07, 6.45) is 1.87. The fourth-order valence-corrected chi connectivity index (χ4v) is 3.48. The van der Waals surface area contributed by atoms with Crippen LogP contribution in [0.2, 0.25) is 0 Å². The number of aromatic nitrogens is 3. The highest BCUT2D eigenvalue weighted by Crippen LogP contribution is 2.39. The van der Waals surface area contributed by atoms with Crippen molar-refractivity contribution in [2.45, 2.75) is 32.2 Å². The maximum absolute atomic E-state index is 13.2. The Labute approximate surface area is 177 Å². The lowest BCUT2D eigenvalue weighted by atomic mass is 10.1. The quantitative estimate of drug-likeness (QED) is 0.627. The van der Waals surface area contributed by atoms with Crippen LogP contribution in [-0.2, 0) is 23.1 Å². The van der Waals surface area contributed by atoms with Crippen LogP contribution in [0.15, 0.2) is 39.9 Å². The second kappa shape index (κ2) is 7.82. The van der Waals surface area contributed by atoms with Gasteiger partial charge in [0.1, 0.15) is 12.2 Å². The van der Waals surface area contributed by atoms with Crippen LogP contribution < -0.4 is 16.6 Å². The van der Waals surface area contributed by atoms with Gasteiger partial charge in [-0.2, -0.15) is 0 Å². The summed E-state index contributed by atoms with van der Waals surface area (Å²) >= 11 is 0. The smallest absolute Gasteiger partial charge is 0.338 e. The van der Waals surface area contributed by atoms with Gasteiger partial charge in [-0.15, -0.1) is 0 Å². The Morgan fingerprint density at radius 1 is 1.19 bits per heavy atom. The number of nitrogens with one attached hydrogen (secondary N) is 1. The molecule has 3 aromatic rings. The second-order valence-corrected chi connectivity index (χ2v) is 7.71. The first kappa shape index (κ1) is 20.5. The molecule has 1 fully saturated rings. The van der Waals surface area contributed by atoms with Crippen LogP contribution in [0.25, 0.3) is 11.0 Å². The Morgan fingerprint density at radius 2 is 1.87 bits per heavy atom.